The zero-order valence-corrected chi connectivity index (χ0v) is 15.4. The van der Waals surface area contributed by atoms with Gasteiger partial charge in [-0.15, -0.1) is 0 Å². The van der Waals surface area contributed by atoms with Crippen LogP contribution in [-0.2, 0) is 19.1 Å². The summed E-state index contributed by atoms with van der Waals surface area (Å²) in [4.78, 5) is 27.2. The Bertz CT molecular complexity index is 284. The molecule has 2 amide bonds. The molecule has 0 N–H and O–H groups in total. The van der Waals surface area contributed by atoms with Gasteiger partial charge in [0.1, 0.15) is 0 Å². The van der Waals surface area contributed by atoms with Crippen molar-refractivity contribution in [3.05, 3.63) is 0 Å². The van der Waals surface area contributed by atoms with Gasteiger partial charge in [-0.1, -0.05) is 31.9 Å². The Morgan fingerprint density at radius 2 is 1.15 bits per heavy atom. The number of carbonyl (C=O) groups excluding carboxylic acids is 2. The van der Waals surface area contributed by atoms with E-state index in [1.807, 2.05) is 0 Å². The molecule has 6 nitrogen and oxygen atoms in total. The lowest BCUT2D eigenvalue weighted by Crippen LogP contribution is -2.51. The molecular weight excluding hydrogens is 396 g/mol. The Morgan fingerprint density at radius 1 is 0.850 bits per heavy atom. The topological polar surface area (TPSA) is 59.1 Å². The first-order valence-corrected chi connectivity index (χ1v) is 8.38. The van der Waals surface area contributed by atoms with Crippen molar-refractivity contribution in [2.24, 2.45) is 0 Å². The van der Waals surface area contributed by atoms with Crippen LogP contribution >= 0.6 is 31.9 Å². The van der Waals surface area contributed by atoms with Crippen LogP contribution in [0.2, 0.25) is 0 Å². The minimum Gasteiger partial charge on any atom is -0.364 e. The lowest BCUT2D eigenvalue weighted by atomic mass is 10.1. The number of nitrogens with zero attached hydrogens (tertiary/aromatic N) is 2. The highest BCUT2D eigenvalue weighted by atomic mass is 79.9. The molecule has 0 aliphatic rings. The SMILES string of the molecule is CN(C)C(=O)C(OCCBr)C(OCCBr)C(=O)N(C)C. The smallest absolute Gasteiger partial charge is 0.254 e. The predicted octanol–water partition coefficient (Wildman–Crippen LogP) is 0.723. The Balaban J connectivity index is 5.15. The molecule has 0 aromatic carbocycles. The third-order valence-corrected chi connectivity index (χ3v) is 3.04. The van der Waals surface area contributed by atoms with Crippen molar-refractivity contribution in [3.8, 4) is 0 Å². The third kappa shape index (κ3) is 6.51. The number of likely N-dealkylation sites (N-methyl/N-ethyl adjacent to an activating group) is 2. The van der Waals surface area contributed by atoms with Gasteiger partial charge in [0.25, 0.3) is 11.8 Å². The second-order valence-corrected chi connectivity index (χ2v) is 6.01. The molecule has 0 aromatic rings. The monoisotopic (exact) mass is 416 g/mol. The van der Waals surface area contributed by atoms with Gasteiger partial charge < -0.3 is 19.3 Å². The van der Waals surface area contributed by atoms with E-state index in [-0.39, 0.29) is 11.8 Å². The van der Waals surface area contributed by atoms with Gasteiger partial charge in [0.2, 0.25) is 0 Å². The van der Waals surface area contributed by atoms with Crippen molar-refractivity contribution >= 4 is 43.7 Å². The van der Waals surface area contributed by atoms with Crippen LogP contribution in [0.15, 0.2) is 0 Å². The van der Waals surface area contributed by atoms with Crippen molar-refractivity contribution in [2.45, 2.75) is 12.2 Å². The summed E-state index contributed by atoms with van der Waals surface area (Å²) >= 11 is 6.48. The zero-order valence-electron chi connectivity index (χ0n) is 12.3. The molecule has 2 atom stereocenters. The average Bonchev–Trinajstić information content (AvgIpc) is 2.40. The number of hydrogen-bond donors (Lipinski definition) is 0. The number of rotatable bonds is 9. The normalized spacial score (nSPS) is 13.7. The standard InChI is InChI=1S/C12H22Br2N2O4/c1-15(2)11(17)9(19-7-5-13)10(20-8-6-14)12(18)16(3)4/h9-10H,5-8H2,1-4H3. The Hall–Kier alpha value is -0.180. The van der Waals surface area contributed by atoms with Gasteiger partial charge >= 0.3 is 0 Å². The van der Waals surface area contributed by atoms with Crippen LogP contribution in [0.4, 0.5) is 0 Å². The molecule has 0 bridgehead atoms. The average molecular weight is 418 g/mol. The minimum absolute atomic E-state index is 0.291. The molecule has 0 radical (unpaired) electrons. The van der Waals surface area contributed by atoms with Gasteiger partial charge in [-0.2, -0.15) is 0 Å². The fourth-order valence-corrected chi connectivity index (χ4v) is 1.80. The third-order valence-electron chi connectivity index (χ3n) is 2.39. The van der Waals surface area contributed by atoms with Gasteiger partial charge in [0.15, 0.2) is 12.2 Å². The van der Waals surface area contributed by atoms with Crippen LogP contribution in [0, 0.1) is 0 Å². The molecule has 0 saturated carbocycles. The zero-order chi connectivity index (χ0) is 15.7. The largest absolute Gasteiger partial charge is 0.364 e. The van der Waals surface area contributed by atoms with Crippen LogP contribution in [0.1, 0.15) is 0 Å². The van der Waals surface area contributed by atoms with E-state index >= 15 is 0 Å². The molecule has 0 rings (SSSR count). The number of alkyl halides is 2. The Kier molecular flexibility index (Phi) is 10.4. The lowest BCUT2D eigenvalue weighted by molar-refractivity contribution is -0.164. The maximum absolute atomic E-state index is 12.2. The second-order valence-electron chi connectivity index (χ2n) is 4.43. The quantitative estimate of drug-likeness (QED) is 0.519. The fraction of sp³-hybridized carbons (Fsp3) is 0.833. The van der Waals surface area contributed by atoms with Crippen LogP contribution in [0.3, 0.4) is 0 Å². The molecule has 0 aliphatic carbocycles. The van der Waals surface area contributed by atoms with Crippen LogP contribution in [0.25, 0.3) is 0 Å². The lowest BCUT2D eigenvalue weighted by Gasteiger charge is -2.29. The molecular formula is C12H22Br2N2O4. The summed E-state index contributed by atoms with van der Waals surface area (Å²) in [7, 11) is 6.48. The second kappa shape index (κ2) is 10.5. The first kappa shape index (κ1) is 19.8. The summed E-state index contributed by atoms with van der Waals surface area (Å²) in [6, 6.07) is 0. The minimum atomic E-state index is -0.948. The molecule has 8 heteroatoms. The van der Waals surface area contributed by atoms with E-state index in [0.29, 0.717) is 23.9 Å². The van der Waals surface area contributed by atoms with Crippen molar-refractivity contribution in [2.75, 3.05) is 52.1 Å². The number of amides is 2. The van der Waals surface area contributed by atoms with Crippen molar-refractivity contribution in [3.63, 3.8) is 0 Å². The molecule has 20 heavy (non-hydrogen) atoms. The number of halogens is 2. The summed E-state index contributed by atoms with van der Waals surface area (Å²) in [6.45, 7) is 0.637. The van der Waals surface area contributed by atoms with Gasteiger partial charge in [0, 0.05) is 38.9 Å². The summed E-state index contributed by atoms with van der Waals surface area (Å²) in [6.07, 6.45) is -1.90. The Labute approximate surface area is 137 Å². The maximum Gasteiger partial charge on any atom is 0.254 e. The van der Waals surface area contributed by atoms with E-state index in [1.54, 1.807) is 28.2 Å². The van der Waals surface area contributed by atoms with E-state index in [2.05, 4.69) is 31.9 Å². The van der Waals surface area contributed by atoms with Gasteiger partial charge in [-0.3, -0.25) is 9.59 Å². The first-order chi connectivity index (χ1) is 9.36. The van der Waals surface area contributed by atoms with Crippen molar-refractivity contribution < 1.29 is 19.1 Å². The predicted molar refractivity (Wildman–Crippen MR) is 84.5 cm³/mol. The highest BCUT2D eigenvalue weighted by Crippen LogP contribution is 2.11. The van der Waals surface area contributed by atoms with E-state index in [1.165, 1.54) is 9.80 Å². The highest BCUT2D eigenvalue weighted by molar-refractivity contribution is 9.09. The Morgan fingerprint density at radius 3 is 1.35 bits per heavy atom. The van der Waals surface area contributed by atoms with E-state index < -0.39 is 12.2 Å². The van der Waals surface area contributed by atoms with E-state index in [9.17, 15) is 9.59 Å². The van der Waals surface area contributed by atoms with Gasteiger partial charge in [-0.05, 0) is 0 Å². The molecule has 0 saturated heterocycles. The summed E-state index contributed by atoms with van der Waals surface area (Å²) < 4.78 is 11.0. The number of hydrogen-bond acceptors (Lipinski definition) is 4. The first-order valence-electron chi connectivity index (χ1n) is 6.14. The molecule has 0 heterocycles. The van der Waals surface area contributed by atoms with Crippen LogP contribution in [0.5, 0.6) is 0 Å². The molecule has 0 aliphatic heterocycles. The van der Waals surface area contributed by atoms with Crippen LogP contribution in [-0.4, -0.2) is 85.9 Å². The van der Waals surface area contributed by atoms with E-state index in [4.69, 9.17) is 9.47 Å². The maximum atomic E-state index is 12.2. The van der Waals surface area contributed by atoms with Crippen molar-refractivity contribution in [1.29, 1.82) is 0 Å². The highest BCUT2D eigenvalue weighted by Gasteiger charge is 2.37. The summed E-state index contributed by atoms with van der Waals surface area (Å²) in [5, 5.41) is 1.15. The molecule has 0 fully saturated rings. The molecule has 2 unspecified atom stereocenters. The van der Waals surface area contributed by atoms with E-state index in [0.717, 1.165) is 0 Å². The van der Waals surface area contributed by atoms with Crippen molar-refractivity contribution in [1.82, 2.24) is 9.80 Å². The molecule has 118 valence electrons. The summed E-state index contributed by atoms with van der Waals surface area (Å²) in [5.74, 6) is -0.582. The van der Waals surface area contributed by atoms with Gasteiger partial charge in [-0.25, -0.2) is 0 Å². The summed E-state index contributed by atoms with van der Waals surface area (Å²) in [5.41, 5.74) is 0. The molecule has 0 aromatic heterocycles. The van der Waals surface area contributed by atoms with Crippen LogP contribution < -0.4 is 0 Å². The fourth-order valence-electron chi connectivity index (χ4n) is 1.43. The molecule has 0 spiro atoms. The van der Waals surface area contributed by atoms with Gasteiger partial charge in [0.05, 0.1) is 13.2 Å². The number of ether oxygens (including phenoxy) is 2. The number of carbonyl (C=O) groups is 2.